The molecule has 10 aromatic carbocycles. The molecule has 0 unspecified atom stereocenters. The van der Waals surface area contributed by atoms with E-state index in [1.807, 2.05) is 0 Å². The smallest absolute Gasteiger partial charge is 0.143 e. The van der Waals surface area contributed by atoms with Gasteiger partial charge in [0.25, 0.3) is 0 Å². The standard InChI is InChI=1S/C52H32O/c1-2-12-33(13-3-1)40-31-47(51-46-29-28-36-15-6-7-17-41(36)52(46)53-48(51)32-40)50-44-20-10-8-18-42(44)49(43-19-9-11-21-45(43)50)37-25-22-35(23-26-37)39-27-24-34-14-4-5-16-38(34)30-39/h1-32H. The third kappa shape index (κ3) is 4.71. The molecule has 0 bridgehead atoms. The van der Waals surface area contributed by atoms with Gasteiger partial charge in [-0.2, -0.15) is 0 Å². The van der Waals surface area contributed by atoms with Crippen molar-refractivity contribution in [3.63, 3.8) is 0 Å². The van der Waals surface area contributed by atoms with Crippen LogP contribution in [0.4, 0.5) is 0 Å². The van der Waals surface area contributed by atoms with Crippen molar-refractivity contribution in [3.05, 3.63) is 194 Å². The van der Waals surface area contributed by atoms with Gasteiger partial charge in [-0.05, 0) is 106 Å². The van der Waals surface area contributed by atoms with E-state index in [0.29, 0.717) is 0 Å². The van der Waals surface area contributed by atoms with Crippen LogP contribution in [0.1, 0.15) is 0 Å². The molecule has 0 aliphatic rings. The van der Waals surface area contributed by atoms with Crippen LogP contribution in [0.2, 0.25) is 0 Å². The van der Waals surface area contributed by atoms with Crippen LogP contribution < -0.4 is 0 Å². The molecule has 11 rings (SSSR count). The van der Waals surface area contributed by atoms with Crippen molar-refractivity contribution in [1.82, 2.24) is 0 Å². The van der Waals surface area contributed by atoms with Crippen molar-refractivity contribution >= 4 is 65.0 Å². The molecule has 1 heteroatoms. The van der Waals surface area contributed by atoms with Crippen LogP contribution in [0.15, 0.2) is 199 Å². The summed E-state index contributed by atoms with van der Waals surface area (Å²) >= 11 is 0. The fraction of sp³-hybridized carbons (Fsp3) is 0. The van der Waals surface area contributed by atoms with Gasteiger partial charge in [0.05, 0.1) is 0 Å². The summed E-state index contributed by atoms with van der Waals surface area (Å²) in [6.07, 6.45) is 0. The summed E-state index contributed by atoms with van der Waals surface area (Å²) in [6.45, 7) is 0. The molecule has 0 radical (unpaired) electrons. The Morgan fingerprint density at radius 1 is 0.283 bits per heavy atom. The zero-order chi connectivity index (χ0) is 34.9. The average Bonchev–Trinajstić information content (AvgIpc) is 3.62. The van der Waals surface area contributed by atoms with Gasteiger partial charge in [0.2, 0.25) is 0 Å². The molecule has 0 atom stereocenters. The van der Waals surface area contributed by atoms with Crippen molar-refractivity contribution < 1.29 is 4.42 Å². The summed E-state index contributed by atoms with van der Waals surface area (Å²) in [4.78, 5) is 0. The SMILES string of the molecule is c1ccc(-c2cc(-c3c4ccccc4c(-c4ccc(-c5ccc6ccccc6c5)cc4)c4ccccc34)c3c(c2)oc2c4ccccc4ccc23)cc1. The van der Waals surface area contributed by atoms with E-state index in [-0.39, 0.29) is 0 Å². The van der Waals surface area contributed by atoms with E-state index in [0.717, 1.165) is 38.5 Å². The first-order valence-electron chi connectivity index (χ1n) is 18.3. The Balaban J connectivity index is 1.19. The average molecular weight is 673 g/mol. The van der Waals surface area contributed by atoms with Crippen molar-refractivity contribution in [2.75, 3.05) is 0 Å². The molecule has 1 nitrogen and oxygen atoms in total. The number of hydrogen-bond acceptors (Lipinski definition) is 1. The van der Waals surface area contributed by atoms with E-state index in [1.54, 1.807) is 0 Å². The molecule has 53 heavy (non-hydrogen) atoms. The van der Waals surface area contributed by atoms with Gasteiger partial charge in [0.1, 0.15) is 11.2 Å². The number of hydrogen-bond donors (Lipinski definition) is 0. The van der Waals surface area contributed by atoms with Gasteiger partial charge in [0.15, 0.2) is 0 Å². The Morgan fingerprint density at radius 3 is 1.53 bits per heavy atom. The van der Waals surface area contributed by atoms with E-state index >= 15 is 0 Å². The van der Waals surface area contributed by atoms with Crippen LogP contribution in [0.5, 0.6) is 0 Å². The molecule has 0 saturated carbocycles. The highest BCUT2D eigenvalue weighted by molar-refractivity contribution is 6.27. The predicted octanol–water partition coefficient (Wildman–Crippen LogP) is 14.9. The molecule has 11 aromatic rings. The number of benzene rings is 10. The van der Waals surface area contributed by atoms with Crippen LogP contribution in [0.25, 0.3) is 110 Å². The normalized spacial score (nSPS) is 11.8. The summed E-state index contributed by atoms with van der Waals surface area (Å²) in [5.74, 6) is 0. The van der Waals surface area contributed by atoms with Gasteiger partial charge < -0.3 is 4.42 Å². The van der Waals surface area contributed by atoms with Crippen molar-refractivity contribution in [3.8, 4) is 44.5 Å². The first kappa shape index (κ1) is 29.7. The maximum absolute atomic E-state index is 6.88. The predicted molar refractivity (Wildman–Crippen MR) is 225 cm³/mol. The Labute approximate surface area is 307 Å². The fourth-order valence-electron chi connectivity index (χ4n) is 8.56. The molecule has 0 N–H and O–H groups in total. The van der Waals surface area contributed by atoms with E-state index in [4.69, 9.17) is 4.42 Å². The second-order valence-electron chi connectivity index (χ2n) is 14.0. The van der Waals surface area contributed by atoms with E-state index < -0.39 is 0 Å². The highest BCUT2D eigenvalue weighted by Gasteiger charge is 2.22. The highest BCUT2D eigenvalue weighted by Crippen LogP contribution is 2.49. The van der Waals surface area contributed by atoms with Crippen LogP contribution in [-0.2, 0) is 0 Å². The van der Waals surface area contributed by atoms with Gasteiger partial charge >= 0.3 is 0 Å². The first-order chi connectivity index (χ1) is 26.3. The lowest BCUT2D eigenvalue weighted by atomic mass is 9.84. The van der Waals surface area contributed by atoms with E-state index in [1.165, 1.54) is 71.1 Å². The minimum Gasteiger partial charge on any atom is -0.455 e. The van der Waals surface area contributed by atoms with Crippen molar-refractivity contribution in [1.29, 1.82) is 0 Å². The van der Waals surface area contributed by atoms with E-state index in [2.05, 4.69) is 194 Å². The van der Waals surface area contributed by atoms with Crippen molar-refractivity contribution in [2.24, 2.45) is 0 Å². The maximum atomic E-state index is 6.88. The molecule has 0 aliphatic heterocycles. The summed E-state index contributed by atoms with van der Waals surface area (Å²) in [7, 11) is 0. The number of furan rings is 1. The minimum atomic E-state index is 0.897. The second kappa shape index (κ2) is 11.8. The van der Waals surface area contributed by atoms with Crippen molar-refractivity contribution in [2.45, 2.75) is 0 Å². The third-order valence-electron chi connectivity index (χ3n) is 11.0. The van der Waals surface area contributed by atoms with Crippen LogP contribution >= 0.6 is 0 Å². The lowest BCUT2D eigenvalue weighted by molar-refractivity contribution is 0.673. The fourth-order valence-corrected chi connectivity index (χ4v) is 8.56. The lowest BCUT2D eigenvalue weighted by Crippen LogP contribution is -1.92. The molecular formula is C52H32O. The maximum Gasteiger partial charge on any atom is 0.143 e. The topological polar surface area (TPSA) is 13.1 Å². The summed E-state index contributed by atoms with van der Waals surface area (Å²) in [6, 6.07) is 70.5. The number of fused-ring (bicyclic) bond motifs is 8. The summed E-state index contributed by atoms with van der Waals surface area (Å²) < 4.78 is 6.88. The van der Waals surface area contributed by atoms with Gasteiger partial charge in [0, 0.05) is 16.2 Å². The molecule has 246 valence electrons. The molecule has 0 fully saturated rings. The largest absolute Gasteiger partial charge is 0.455 e. The van der Waals surface area contributed by atoms with Gasteiger partial charge in [-0.1, -0.05) is 170 Å². The molecule has 1 heterocycles. The second-order valence-corrected chi connectivity index (χ2v) is 14.0. The zero-order valence-corrected chi connectivity index (χ0v) is 28.9. The van der Waals surface area contributed by atoms with Gasteiger partial charge in [-0.25, -0.2) is 0 Å². The van der Waals surface area contributed by atoms with Crippen LogP contribution in [0, 0.1) is 0 Å². The zero-order valence-electron chi connectivity index (χ0n) is 28.9. The summed E-state index contributed by atoms with van der Waals surface area (Å²) in [5.41, 5.74) is 11.4. The van der Waals surface area contributed by atoms with Crippen LogP contribution in [-0.4, -0.2) is 0 Å². The third-order valence-corrected chi connectivity index (χ3v) is 11.0. The molecule has 0 aliphatic carbocycles. The lowest BCUT2D eigenvalue weighted by Gasteiger charge is -2.19. The minimum absolute atomic E-state index is 0.897. The molecule has 0 spiro atoms. The molecule has 0 saturated heterocycles. The van der Waals surface area contributed by atoms with Gasteiger partial charge in [-0.15, -0.1) is 0 Å². The number of rotatable bonds is 4. The quantitative estimate of drug-likeness (QED) is 0.170. The Morgan fingerprint density at radius 2 is 0.811 bits per heavy atom. The highest BCUT2D eigenvalue weighted by atomic mass is 16.3. The van der Waals surface area contributed by atoms with Crippen LogP contribution in [0.3, 0.4) is 0 Å². The Bertz CT molecular complexity index is 3150. The monoisotopic (exact) mass is 672 g/mol. The Hall–Kier alpha value is -6.96. The van der Waals surface area contributed by atoms with E-state index in [9.17, 15) is 0 Å². The Kier molecular flexibility index (Phi) is 6.62. The molecule has 1 aromatic heterocycles. The molecule has 0 amide bonds. The molecular weight excluding hydrogens is 641 g/mol. The van der Waals surface area contributed by atoms with Gasteiger partial charge in [-0.3, -0.25) is 0 Å². The first-order valence-corrected chi connectivity index (χ1v) is 18.3. The summed E-state index contributed by atoms with van der Waals surface area (Å²) in [5, 5.41) is 12.0.